The highest BCUT2D eigenvalue weighted by Crippen LogP contribution is 2.26. The molecule has 0 radical (unpaired) electrons. The second kappa shape index (κ2) is 7.34. The van der Waals surface area contributed by atoms with Gasteiger partial charge in [-0.05, 0) is 24.8 Å². The number of carbonyl (C=O) groups excluding carboxylic acids is 1. The number of aromatic amines is 1. The number of para-hydroxylation sites is 1. The number of alkyl halides is 3. The topological polar surface area (TPSA) is 83.9 Å². The van der Waals surface area contributed by atoms with E-state index in [1.165, 1.54) is 4.57 Å². The van der Waals surface area contributed by atoms with Crippen LogP contribution < -0.4 is 5.56 Å². The zero-order valence-electron chi connectivity index (χ0n) is 15.3. The van der Waals surface area contributed by atoms with Crippen LogP contribution in [0.3, 0.4) is 0 Å². The van der Waals surface area contributed by atoms with Gasteiger partial charge in [-0.2, -0.15) is 18.3 Å². The van der Waals surface area contributed by atoms with Crippen molar-refractivity contribution in [1.29, 1.82) is 0 Å². The lowest BCUT2D eigenvalue weighted by molar-refractivity contribution is -0.141. The van der Waals surface area contributed by atoms with Crippen molar-refractivity contribution in [3.05, 3.63) is 58.4 Å². The number of H-pyrrole nitrogens is 1. The Balaban J connectivity index is 1.40. The number of carbonyl (C=O) groups is 1. The average molecular weight is 405 g/mol. The standard InChI is InChI=1S/C19H18F3N5O2/c20-19(21,22)15-9-16(28)27(11-23-15)10-12-5-7-26(8-6-12)18(29)17-13-3-1-2-4-14(13)24-25-17/h1-4,9,11-12H,5-8,10H2,(H,24,25). The number of amides is 1. The van der Waals surface area contributed by atoms with Gasteiger partial charge in [0.05, 0.1) is 11.8 Å². The van der Waals surface area contributed by atoms with E-state index in [1.807, 2.05) is 24.3 Å². The van der Waals surface area contributed by atoms with E-state index in [4.69, 9.17) is 0 Å². The number of rotatable bonds is 3. The first-order chi connectivity index (χ1) is 13.8. The Labute approximate surface area is 163 Å². The zero-order chi connectivity index (χ0) is 20.6. The maximum absolute atomic E-state index is 12.8. The molecule has 1 saturated heterocycles. The van der Waals surface area contributed by atoms with Gasteiger partial charge in [0.25, 0.3) is 11.5 Å². The Morgan fingerprint density at radius 3 is 2.62 bits per heavy atom. The lowest BCUT2D eigenvalue weighted by atomic mass is 9.96. The van der Waals surface area contributed by atoms with Crippen LogP contribution in [-0.2, 0) is 12.7 Å². The number of nitrogens with one attached hydrogen (secondary N) is 1. The summed E-state index contributed by atoms with van der Waals surface area (Å²) in [7, 11) is 0. The summed E-state index contributed by atoms with van der Waals surface area (Å²) < 4.78 is 39.1. The maximum Gasteiger partial charge on any atom is 0.433 e. The Morgan fingerprint density at radius 2 is 1.93 bits per heavy atom. The van der Waals surface area contributed by atoms with Crippen LogP contribution in [-0.4, -0.2) is 43.6 Å². The number of likely N-dealkylation sites (tertiary alicyclic amines) is 1. The number of fused-ring (bicyclic) bond motifs is 1. The predicted molar refractivity (Wildman–Crippen MR) is 98.2 cm³/mol. The first-order valence-corrected chi connectivity index (χ1v) is 9.19. The average Bonchev–Trinajstić information content (AvgIpc) is 3.13. The molecule has 3 heterocycles. The minimum atomic E-state index is -4.64. The number of halogens is 3. The van der Waals surface area contributed by atoms with Crippen molar-refractivity contribution >= 4 is 16.8 Å². The number of hydrogen-bond acceptors (Lipinski definition) is 4. The van der Waals surface area contributed by atoms with Gasteiger partial charge < -0.3 is 4.90 Å². The van der Waals surface area contributed by atoms with Crippen LogP contribution in [0.2, 0.25) is 0 Å². The molecular weight excluding hydrogens is 387 g/mol. The molecule has 29 heavy (non-hydrogen) atoms. The van der Waals surface area contributed by atoms with Gasteiger partial charge in [-0.25, -0.2) is 4.98 Å². The molecule has 0 unspecified atom stereocenters. The summed E-state index contributed by atoms with van der Waals surface area (Å²) >= 11 is 0. The van der Waals surface area contributed by atoms with Crippen molar-refractivity contribution in [2.45, 2.75) is 25.6 Å². The Bertz CT molecular complexity index is 1100. The van der Waals surface area contributed by atoms with E-state index in [2.05, 4.69) is 15.2 Å². The summed E-state index contributed by atoms with van der Waals surface area (Å²) in [6, 6.07) is 7.90. The molecule has 10 heteroatoms. The molecule has 1 N–H and O–H groups in total. The van der Waals surface area contributed by atoms with Crippen molar-refractivity contribution in [2.75, 3.05) is 13.1 Å². The van der Waals surface area contributed by atoms with Crippen molar-refractivity contribution in [3.63, 3.8) is 0 Å². The summed E-state index contributed by atoms with van der Waals surface area (Å²) in [6.45, 7) is 1.26. The number of aromatic nitrogens is 4. The third-order valence-electron chi connectivity index (χ3n) is 5.20. The van der Waals surface area contributed by atoms with Crippen molar-refractivity contribution in [3.8, 4) is 0 Å². The van der Waals surface area contributed by atoms with Gasteiger partial charge in [0.1, 0.15) is 0 Å². The maximum atomic E-state index is 12.8. The highest BCUT2D eigenvalue weighted by atomic mass is 19.4. The predicted octanol–water partition coefficient (Wildman–Crippen LogP) is 2.69. The molecule has 3 aromatic rings. The van der Waals surface area contributed by atoms with Gasteiger partial charge >= 0.3 is 6.18 Å². The third kappa shape index (κ3) is 3.87. The molecule has 1 aromatic carbocycles. The quantitative estimate of drug-likeness (QED) is 0.726. The fourth-order valence-electron chi connectivity index (χ4n) is 3.59. The smallest absolute Gasteiger partial charge is 0.337 e. The largest absolute Gasteiger partial charge is 0.433 e. The summed E-state index contributed by atoms with van der Waals surface area (Å²) in [6.07, 6.45) is -2.41. The van der Waals surface area contributed by atoms with E-state index >= 15 is 0 Å². The Morgan fingerprint density at radius 1 is 1.21 bits per heavy atom. The molecule has 0 aliphatic carbocycles. The third-order valence-corrected chi connectivity index (χ3v) is 5.20. The zero-order valence-corrected chi connectivity index (χ0v) is 15.3. The second-order valence-electron chi connectivity index (χ2n) is 7.12. The number of benzene rings is 1. The highest BCUT2D eigenvalue weighted by Gasteiger charge is 2.33. The molecule has 0 bridgehead atoms. The highest BCUT2D eigenvalue weighted by molar-refractivity contribution is 6.04. The molecule has 1 fully saturated rings. The minimum absolute atomic E-state index is 0.0752. The minimum Gasteiger partial charge on any atom is -0.337 e. The molecule has 4 rings (SSSR count). The van der Waals surface area contributed by atoms with Crippen molar-refractivity contribution in [1.82, 2.24) is 24.6 Å². The first-order valence-electron chi connectivity index (χ1n) is 9.19. The van der Waals surface area contributed by atoms with Gasteiger partial charge in [-0.15, -0.1) is 0 Å². The van der Waals surface area contributed by atoms with Crippen molar-refractivity contribution < 1.29 is 18.0 Å². The summed E-state index contributed by atoms with van der Waals surface area (Å²) in [5, 5.41) is 7.75. The van der Waals surface area contributed by atoms with Gasteiger partial charge in [-0.1, -0.05) is 18.2 Å². The van der Waals surface area contributed by atoms with Gasteiger partial charge in [0.2, 0.25) is 0 Å². The van der Waals surface area contributed by atoms with Crippen LogP contribution in [0.1, 0.15) is 29.0 Å². The fourth-order valence-corrected chi connectivity index (χ4v) is 3.59. The van der Waals surface area contributed by atoms with E-state index in [1.54, 1.807) is 4.90 Å². The normalized spacial score (nSPS) is 15.8. The monoisotopic (exact) mass is 405 g/mol. The molecule has 7 nitrogen and oxygen atoms in total. The summed E-state index contributed by atoms with van der Waals surface area (Å²) in [4.78, 5) is 29.8. The Hall–Kier alpha value is -3.17. The van der Waals surface area contributed by atoms with Crippen LogP contribution in [0, 0.1) is 5.92 Å². The molecule has 1 aliphatic rings. The van der Waals surface area contributed by atoms with E-state index < -0.39 is 17.4 Å². The SMILES string of the molecule is O=C(c1n[nH]c2ccccc12)N1CCC(Cn2cnc(C(F)(F)F)cc2=O)CC1. The Kier molecular flexibility index (Phi) is 4.85. The fraction of sp³-hybridized carbons (Fsp3) is 0.368. The van der Waals surface area contributed by atoms with Crippen LogP contribution >= 0.6 is 0 Å². The molecule has 2 aromatic heterocycles. The number of hydrogen-bond donors (Lipinski definition) is 1. The molecule has 1 amide bonds. The number of piperidine rings is 1. The van der Waals surface area contributed by atoms with Crippen LogP contribution in [0.4, 0.5) is 13.2 Å². The molecule has 152 valence electrons. The van der Waals surface area contributed by atoms with E-state index in [0.717, 1.165) is 17.2 Å². The number of nitrogens with zero attached hydrogens (tertiary/aromatic N) is 4. The summed E-state index contributed by atoms with van der Waals surface area (Å²) in [5.41, 5.74) is -0.749. The van der Waals surface area contributed by atoms with Gasteiger partial charge in [0, 0.05) is 31.1 Å². The van der Waals surface area contributed by atoms with E-state index in [9.17, 15) is 22.8 Å². The lowest BCUT2D eigenvalue weighted by Crippen LogP contribution is -2.40. The van der Waals surface area contributed by atoms with Gasteiger partial charge in [0.15, 0.2) is 11.4 Å². The molecule has 1 aliphatic heterocycles. The van der Waals surface area contributed by atoms with E-state index in [0.29, 0.717) is 37.7 Å². The first kappa shape index (κ1) is 19.2. The molecule has 0 spiro atoms. The van der Waals surface area contributed by atoms with Gasteiger partial charge in [-0.3, -0.25) is 19.3 Å². The van der Waals surface area contributed by atoms with Crippen molar-refractivity contribution in [2.24, 2.45) is 5.92 Å². The molecule has 0 saturated carbocycles. The summed E-state index contributed by atoms with van der Waals surface area (Å²) in [5.74, 6) is -0.0829. The van der Waals surface area contributed by atoms with Crippen LogP contribution in [0.25, 0.3) is 10.9 Å². The molecular formula is C19H18F3N5O2. The second-order valence-corrected chi connectivity index (χ2v) is 7.12. The molecule has 0 atom stereocenters. The van der Waals surface area contributed by atoms with E-state index in [-0.39, 0.29) is 18.4 Å². The lowest BCUT2D eigenvalue weighted by Gasteiger charge is -2.31. The van der Waals surface area contributed by atoms with Crippen LogP contribution in [0.15, 0.2) is 41.5 Å². The van der Waals surface area contributed by atoms with Crippen LogP contribution in [0.5, 0.6) is 0 Å².